The van der Waals surface area contributed by atoms with Crippen LogP contribution in [-0.4, -0.2) is 47.0 Å². The van der Waals surface area contributed by atoms with Crippen molar-refractivity contribution < 1.29 is 4.39 Å². The first-order chi connectivity index (χ1) is 11.5. The molecule has 1 aliphatic rings. The van der Waals surface area contributed by atoms with Crippen molar-refractivity contribution in [3.05, 3.63) is 47.5 Å². The van der Waals surface area contributed by atoms with E-state index in [1.165, 1.54) is 6.07 Å². The topological polar surface area (TPSA) is 70.6 Å². The summed E-state index contributed by atoms with van der Waals surface area (Å²) < 4.78 is 13.9. The number of nitrogens with zero attached hydrogens (tertiary/aromatic N) is 5. The maximum absolute atomic E-state index is 13.9. The van der Waals surface area contributed by atoms with Gasteiger partial charge in [0, 0.05) is 37.6 Å². The van der Waals surface area contributed by atoms with E-state index in [0.29, 0.717) is 43.8 Å². The molecule has 126 valence electrons. The molecule has 24 heavy (non-hydrogen) atoms. The summed E-state index contributed by atoms with van der Waals surface area (Å²) in [5.74, 6) is 0.575. The Morgan fingerprint density at radius 3 is 2.33 bits per heavy atom. The van der Waals surface area contributed by atoms with Gasteiger partial charge in [-0.3, -0.25) is 0 Å². The molecule has 0 amide bonds. The number of aromatic nitrogens is 2. The molecule has 2 N–H and O–H groups in total. The van der Waals surface area contributed by atoms with Crippen molar-refractivity contribution in [2.24, 2.45) is 10.7 Å². The third kappa shape index (κ3) is 3.61. The number of aryl methyl sites for hydroxylation is 2. The van der Waals surface area contributed by atoms with E-state index in [-0.39, 0.29) is 5.82 Å². The Hall–Kier alpha value is -2.70. The predicted octanol–water partition coefficient (Wildman–Crippen LogP) is 2.00. The molecule has 1 aromatic heterocycles. The van der Waals surface area contributed by atoms with Crippen LogP contribution in [0.15, 0.2) is 35.3 Å². The molecule has 2 heterocycles. The molecule has 0 atom stereocenters. The maximum atomic E-state index is 13.9. The van der Waals surface area contributed by atoms with E-state index in [2.05, 4.69) is 15.0 Å². The Morgan fingerprint density at radius 1 is 1.08 bits per heavy atom. The predicted molar refractivity (Wildman–Crippen MR) is 93.0 cm³/mol. The summed E-state index contributed by atoms with van der Waals surface area (Å²) in [6.45, 7) is 6.52. The SMILES string of the molecule is Cc1cc(C)nc(/N=C(\N)N2CCN(c3ccccc3F)CC2)n1. The molecule has 1 aromatic carbocycles. The molecule has 1 fully saturated rings. The van der Waals surface area contributed by atoms with Gasteiger partial charge in [0.05, 0.1) is 5.69 Å². The lowest BCUT2D eigenvalue weighted by atomic mass is 10.2. The zero-order chi connectivity index (χ0) is 17.1. The number of piperazine rings is 1. The summed E-state index contributed by atoms with van der Waals surface area (Å²) in [4.78, 5) is 16.9. The summed E-state index contributed by atoms with van der Waals surface area (Å²) >= 11 is 0. The lowest BCUT2D eigenvalue weighted by Gasteiger charge is -2.36. The van der Waals surface area contributed by atoms with Crippen molar-refractivity contribution >= 4 is 17.6 Å². The smallest absolute Gasteiger partial charge is 0.253 e. The summed E-state index contributed by atoms with van der Waals surface area (Å²) in [5.41, 5.74) is 8.45. The van der Waals surface area contributed by atoms with Crippen LogP contribution >= 0.6 is 0 Å². The number of benzene rings is 1. The quantitative estimate of drug-likeness (QED) is 0.674. The van der Waals surface area contributed by atoms with E-state index in [9.17, 15) is 4.39 Å². The van der Waals surface area contributed by atoms with Crippen LogP contribution in [0.2, 0.25) is 0 Å². The van der Waals surface area contributed by atoms with Gasteiger partial charge in [0.2, 0.25) is 0 Å². The molecular formula is C17H21FN6. The Labute approximate surface area is 140 Å². The van der Waals surface area contributed by atoms with E-state index in [1.54, 1.807) is 12.1 Å². The Kier molecular flexibility index (Phi) is 4.59. The second-order valence-electron chi connectivity index (χ2n) is 5.85. The van der Waals surface area contributed by atoms with Crippen LogP contribution in [0.1, 0.15) is 11.4 Å². The normalized spacial score (nSPS) is 15.7. The van der Waals surface area contributed by atoms with Gasteiger partial charge in [-0.25, -0.2) is 14.4 Å². The van der Waals surface area contributed by atoms with Crippen molar-refractivity contribution in [1.29, 1.82) is 0 Å². The molecule has 0 bridgehead atoms. The number of hydrogen-bond donors (Lipinski definition) is 1. The van der Waals surface area contributed by atoms with Crippen molar-refractivity contribution in [2.75, 3.05) is 31.1 Å². The van der Waals surface area contributed by atoms with Gasteiger partial charge in [0.25, 0.3) is 5.95 Å². The molecule has 0 radical (unpaired) electrons. The van der Waals surface area contributed by atoms with Crippen molar-refractivity contribution in [2.45, 2.75) is 13.8 Å². The molecule has 2 aromatic rings. The highest BCUT2D eigenvalue weighted by molar-refractivity contribution is 5.80. The van der Waals surface area contributed by atoms with E-state index in [0.717, 1.165) is 11.4 Å². The third-order valence-electron chi connectivity index (χ3n) is 3.98. The average Bonchev–Trinajstić information content (AvgIpc) is 2.54. The van der Waals surface area contributed by atoms with Gasteiger partial charge in [-0.2, -0.15) is 4.99 Å². The molecule has 0 aliphatic carbocycles. The zero-order valence-electron chi connectivity index (χ0n) is 13.9. The highest BCUT2D eigenvalue weighted by Gasteiger charge is 2.20. The number of hydrogen-bond acceptors (Lipinski definition) is 4. The van der Waals surface area contributed by atoms with Crippen molar-refractivity contribution in [3.8, 4) is 0 Å². The summed E-state index contributed by atoms with van der Waals surface area (Å²) in [5, 5.41) is 0. The van der Waals surface area contributed by atoms with Gasteiger partial charge in [0.15, 0.2) is 5.96 Å². The summed E-state index contributed by atoms with van der Waals surface area (Å²) in [6.07, 6.45) is 0. The molecule has 0 saturated carbocycles. The molecule has 7 heteroatoms. The van der Waals surface area contributed by atoms with E-state index in [4.69, 9.17) is 5.73 Å². The highest BCUT2D eigenvalue weighted by Crippen LogP contribution is 2.20. The number of halogens is 1. The van der Waals surface area contributed by atoms with Gasteiger partial charge in [0.1, 0.15) is 5.82 Å². The Bertz CT molecular complexity index is 732. The van der Waals surface area contributed by atoms with E-state index < -0.39 is 0 Å². The van der Waals surface area contributed by atoms with E-state index in [1.807, 2.05) is 35.8 Å². The van der Waals surface area contributed by atoms with Crippen LogP contribution < -0.4 is 10.6 Å². The van der Waals surface area contributed by atoms with Gasteiger partial charge in [-0.05, 0) is 32.0 Å². The van der Waals surface area contributed by atoms with Crippen molar-refractivity contribution in [3.63, 3.8) is 0 Å². The largest absolute Gasteiger partial charge is 0.369 e. The number of rotatable bonds is 2. The fraction of sp³-hybridized carbons (Fsp3) is 0.353. The fourth-order valence-electron chi connectivity index (χ4n) is 2.82. The Morgan fingerprint density at radius 2 is 1.71 bits per heavy atom. The molecule has 3 rings (SSSR count). The standard InChI is InChI=1S/C17H21FN6/c1-12-11-13(2)21-17(20-12)22-16(19)24-9-7-23(8-10-24)15-6-4-3-5-14(15)18/h3-6,11H,7-10H2,1-2H3,(H2,19,20,21,22). The minimum absolute atomic E-state index is 0.198. The first-order valence-corrected chi connectivity index (χ1v) is 7.94. The Balaban J connectivity index is 1.68. The molecule has 0 unspecified atom stereocenters. The minimum atomic E-state index is -0.198. The van der Waals surface area contributed by atoms with Crippen LogP contribution in [0.5, 0.6) is 0 Å². The summed E-state index contributed by atoms with van der Waals surface area (Å²) in [6, 6.07) is 8.71. The molecule has 1 saturated heterocycles. The molecule has 6 nitrogen and oxygen atoms in total. The van der Waals surface area contributed by atoms with Crippen LogP contribution in [0.4, 0.5) is 16.0 Å². The lowest BCUT2D eigenvalue weighted by Crippen LogP contribution is -2.51. The number of aliphatic imine (C=N–C) groups is 1. The first kappa shape index (κ1) is 16.2. The lowest BCUT2D eigenvalue weighted by molar-refractivity contribution is 0.380. The third-order valence-corrected chi connectivity index (χ3v) is 3.98. The number of guanidine groups is 1. The fourth-order valence-corrected chi connectivity index (χ4v) is 2.82. The number of nitrogens with two attached hydrogens (primary N) is 1. The number of para-hydroxylation sites is 1. The van der Waals surface area contributed by atoms with Crippen LogP contribution in [-0.2, 0) is 0 Å². The van der Waals surface area contributed by atoms with Gasteiger partial charge >= 0.3 is 0 Å². The van der Waals surface area contributed by atoms with Crippen molar-refractivity contribution in [1.82, 2.24) is 14.9 Å². The van der Waals surface area contributed by atoms with Crippen LogP contribution in [0.25, 0.3) is 0 Å². The van der Waals surface area contributed by atoms with Crippen LogP contribution in [0, 0.1) is 19.7 Å². The van der Waals surface area contributed by atoms with E-state index >= 15 is 0 Å². The highest BCUT2D eigenvalue weighted by atomic mass is 19.1. The van der Waals surface area contributed by atoms with Gasteiger partial charge < -0.3 is 15.5 Å². The average molecular weight is 328 g/mol. The summed E-state index contributed by atoms with van der Waals surface area (Å²) in [7, 11) is 0. The first-order valence-electron chi connectivity index (χ1n) is 7.94. The number of anilines is 1. The van der Waals surface area contributed by atoms with Gasteiger partial charge in [-0.1, -0.05) is 12.1 Å². The molecule has 1 aliphatic heterocycles. The van der Waals surface area contributed by atoms with Crippen LogP contribution in [0.3, 0.4) is 0 Å². The van der Waals surface area contributed by atoms with Gasteiger partial charge in [-0.15, -0.1) is 0 Å². The molecular weight excluding hydrogens is 307 g/mol. The molecule has 0 spiro atoms. The monoisotopic (exact) mass is 328 g/mol. The second-order valence-corrected chi connectivity index (χ2v) is 5.85. The second kappa shape index (κ2) is 6.82. The zero-order valence-corrected chi connectivity index (χ0v) is 13.9. The minimum Gasteiger partial charge on any atom is -0.369 e. The maximum Gasteiger partial charge on any atom is 0.253 e.